The summed E-state index contributed by atoms with van der Waals surface area (Å²) in [6.45, 7) is 3.61. The fourth-order valence-electron chi connectivity index (χ4n) is 1.28. The predicted molar refractivity (Wildman–Crippen MR) is 65.7 cm³/mol. The van der Waals surface area contributed by atoms with Crippen LogP contribution in [0.15, 0.2) is 41.9 Å². The lowest BCUT2D eigenvalue weighted by molar-refractivity contribution is 1.33. The molecule has 0 aliphatic rings. The Morgan fingerprint density at radius 2 is 2.33 bits per heavy atom. The van der Waals surface area contributed by atoms with Gasteiger partial charge in [0.15, 0.2) is 5.82 Å². The Balaban J connectivity index is 2.44. The van der Waals surface area contributed by atoms with Crippen molar-refractivity contribution in [2.24, 2.45) is 10.7 Å². The number of hydrogen-bond donors (Lipinski definition) is 1. The van der Waals surface area contributed by atoms with Gasteiger partial charge in [0.1, 0.15) is 5.84 Å². The zero-order chi connectivity index (χ0) is 10.7. The second kappa shape index (κ2) is 4.23. The van der Waals surface area contributed by atoms with Crippen molar-refractivity contribution in [2.45, 2.75) is 6.42 Å². The van der Waals surface area contributed by atoms with E-state index in [0.29, 0.717) is 18.1 Å². The molecule has 0 aliphatic heterocycles. The zero-order valence-corrected chi connectivity index (χ0v) is 9.00. The molecule has 0 amide bonds. The minimum atomic E-state index is 0.543. The lowest BCUT2D eigenvalue weighted by atomic mass is 10.2. The fourth-order valence-corrected chi connectivity index (χ4v) is 2.00. The minimum absolute atomic E-state index is 0.543. The summed E-state index contributed by atoms with van der Waals surface area (Å²) in [5, 5.41) is 1.05. The second-order valence-electron chi connectivity index (χ2n) is 3.10. The van der Waals surface area contributed by atoms with E-state index in [2.05, 4.69) is 15.9 Å². The first-order valence-electron chi connectivity index (χ1n) is 4.59. The number of benzene rings is 1. The Morgan fingerprint density at radius 3 is 3.13 bits per heavy atom. The molecule has 0 radical (unpaired) electrons. The van der Waals surface area contributed by atoms with Gasteiger partial charge in [-0.3, -0.25) is 0 Å². The summed E-state index contributed by atoms with van der Waals surface area (Å²) in [6, 6.07) is 7.98. The maximum absolute atomic E-state index is 5.71. The van der Waals surface area contributed by atoms with Crippen LogP contribution in [0.3, 0.4) is 0 Å². The SMILES string of the molecule is C=CCC(N)=Nc1nsc2ccccc12. The molecule has 2 aromatic rings. The number of fused-ring (bicyclic) bond motifs is 1. The molecule has 15 heavy (non-hydrogen) atoms. The molecule has 0 spiro atoms. The second-order valence-corrected chi connectivity index (χ2v) is 3.90. The smallest absolute Gasteiger partial charge is 0.175 e. The van der Waals surface area contributed by atoms with Crippen molar-refractivity contribution in [3.63, 3.8) is 0 Å². The molecule has 0 aliphatic carbocycles. The van der Waals surface area contributed by atoms with Crippen molar-refractivity contribution in [1.82, 2.24) is 4.37 Å². The molecule has 3 nitrogen and oxygen atoms in total. The average molecular weight is 217 g/mol. The molecular weight excluding hydrogens is 206 g/mol. The summed E-state index contributed by atoms with van der Waals surface area (Å²) in [5.41, 5.74) is 5.71. The number of rotatable bonds is 3. The molecule has 1 aromatic heterocycles. The quantitative estimate of drug-likeness (QED) is 0.488. The van der Waals surface area contributed by atoms with Gasteiger partial charge in [0.25, 0.3) is 0 Å². The molecule has 1 aromatic carbocycles. The highest BCUT2D eigenvalue weighted by Gasteiger charge is 2.03. The molecule has 76 valence electrons. The van der Waals surface area contributed by atoms with Crippen LogP contribution >= 0.6 is 11.5 Å². The van der Waals surface area contributed by atoms with Crippen molar-refractivity contribution in [3.8, 4) is 0 Å². The van der Waals surface area contributed by atoms with E-state index in [9.17, 15) is 0 Å². The Kier molecular flexibility index (Phi) is 2.78. The largest absolute Gasteiger partial charge is 0.387 e. The summed E-state index contributed by atoms with van der Waals surface area (Å²) in [6.07, 6.45) is 2.32. The van der Waals surface area contributed by atoms with Crippen LogP contribution in [0.2, 0.25) is 0 Å². The zero-order valence-electron chi connectivity index (χ0n) is 8.18. The van der Waals surface area contributed by atoms with Crippen LogP contribution < -0.4 is 5.73 Å². The minimum Gasteiger partial charge on any atom is -0.387 e. The van der Waals surface area contributed by atoms with Crippen molar-refractivity contribution < 1.29 is 0 Å². The molecule has 2 rings (SSSR count). The summed E-state index contributed by atoms with van der Waals surface area (Å²) in [4.78, 5) is 4.26. The lowest BCUT2D eigenvalue weighted by Crippen LogP contribution is -2.09. The van der Waals surface area contributed by atoms with Crippen LogP contribution in [0.5, 0.6) is 0 Å². The molecule has 0 unspecified atom stereocenters. The molecule has 0 saturated carbocycles. The van der Waals surface area contributed by atoms with E-state index in [1.807, 2.05) is 24.3 Å². The number of nitrogens with two attached hydrogens (primary N) is 1. The highest BCUT2D eigenvalue weighted by atomic mass is 32.1. The lowest BCUT2D eigenvalue weighted by Gasteiger charge is -1.93. The van der Waals surface area contributed by atoms with Crippen LogP contribution in [-0.4, -0.2) is 10.2 Å². The van der Waals surface area contributed by atoms with Crippen molar-refractivity contribution >= 4 is 33.3 Å². The summed E-state index contributed by atoms with van der Waals surface area (Å²) < 4.78 is 5.38. The number of aliphatic imine (C=N–C) groups is 1. The molecule has 0 atom stereocenters. The fraction of sp³-hybridized carbons (Fsp3) is 0.0909. The van der Waals surface area contributed by atoms with E-state index >= 15 is 0 Å². The maximum atomic E-state index is 5.71. The Morgan fingerprint density at radius 1 is 1.53 bits per heavy atom. The first-order valence-corrected chi connectivity index (χ1v) is 5.37. The van der Waals surface area contributed by atoms with Gasteiger partial charge in [-0.15, -0.1) is 6.58 Å². The monoisotopic (exact) mass is 217 g/mol. The normalized spacial score (nSPS) is 11.9. The van der Waals surface area contributed by atoms with Gasteiger partial charge in [0, 0.05) is 11.8 Å². The van der Waals surface area contributed by atoms with Crippen LogP contribution in [0.1, 0.15) is 6.42 Å². The Labute approximate surface area is 92.1 Å². The van der Waals surface area contributed by atoms with Gasteiger partial charge in [-0.05, 0) is 23.7 Å². The number of aromatic nitrogens is 1. The van der Waals surface area contributed by atoms with Crippen LogP contribution in [-0.2, 0) is 0 Å². The van der Waals surface area contributed by atoms with E-state index in [1.165, 1.54) is 11.5 Å². The van der Waals surface area contributed by atoms with Crippen molar-refractivity contribution in [3.05, 3.63) is 36.9 Å². The van der Waals surface area contributed by atoms with E-state index in [4.69, 9.17) is 5.73 Å². The molecule has 0 fully saturated rings. The highest BCUT2D eigenvalue weighted by molar-refractivity contribution is 7.13. The first kappa shape index (κ1) is 9.86. The van der Waals surface area contributed by atoms with Gasteiger partial charge in [0.05, 0.1) is 4.70 Å². The molecular formula is C11H11N3S. The standard InChI is InChI=1S/C11H11N3S/c1-2-5-10(12)13-11-8-6-3-4-7-9(8)15-14-11/h2-4,6-7H,1,5H2,(H2,12,13,14). The highest BCUT2D eigenvalue weighted by Crippen LogP contribution is 2.28. The summed E-state index contributed by atoms with van der Waals surface area (Å²) in [5.74, 6) is 1.25. The number of nitrogens with zero attached hydrogens (tertiary/aromatic N) is 2. The number of amidine groups is 1. The topological polar surface area (TPSA) is 51.3 Å². The third-order valence-corrected chi connectivity index (χ3v) is 2.78. The Hall–Kier alpha value is -1.68. The molecule has 0 bridgehead atoms. The Bertz CT molecular complexity index is 513. The van der Waals surface area contributed by atoms with Gasteiger partial charge in [-0.1, -0.05) is 18.2 Å². The van der Waals surface area contributed by atoms with Crippen LogP contribution in [0.4, 0.5) is 5.82 Å². The average Bonchev–Trinajstić information content (AvgIpc) is 2.62. The summed E-state index contributed by atoms with van der Waals surface area (Å²) >= 11 is 1.44. The molecule has 2 N–H and O–H groups in total. The van der Waals surface area contributed by atoms with E-state index in [0.717, 1.165) is 10.1 Å². The van der Waals surface area contributed by atoms with Crippen molar-refractivity contribution in [1.29, 1.82) is 0 Å². The van der Waals surface area contributed by atoms with Crippen LogP contribution in [0.25, 0.3) is 10.1 Å². The van der Waals surface area contributed by atoms with Gasteiger partial charge < -0.3 is 5.73 Å². The van der Waals surface area contributed by atoms with E-state index < -0.39 is 0 Å². The molecule has 0 saturated heterocycles. The van der Waals surface area contributed by atoms with E-state index in [-0.39, 0.29) is 0 Å². The predicted octanol–water partition coefficient (Wildman–Crippen LogP) is 2.86. The molecule has 4 heteroatoms. The van der Waals surface area contributed by atoms with Crippen LogP contribution in [0, 0.1) is 0 Å². The number of hydrogen-bond acceptors (Lipinski definition) is 3. The van der Waals surface area contributed by atoms with Gasteiger partial charge in [-0.2, -0.15) is 4.37 Å². The third kappa shape index (κ3) is 2.05. The first-order chi connectivity index (χ1) is 7.31. The van der Waals surface area contributed by atoms with Gasteiger partial charge in [-0.25, -0.2) is 4.99 Å². The van der Waals surface area contributed by atoms with Crippen molar-refractivity contribution in [2.75, 3.05) is 0 Å². The van der Waals surface area contributed by atoms with E-state index in [1.54, 1.807) is 6.08 Å². The summed E-state index contributed by atoms with van der Waals surface area (Å²) in [7, 11) is 0. The van der Waals surface area contributed by atoms with Gasteiger partial charge in [0.2, 0.25) is 0 Å². The van der Waals surface area contributed by atoms with Gasteiger partial charge >= 0.3 is 0 Å². The third-order valence-electron chi connectivity index (χ3n) is 1.96. The maximum Gasteiger partial charge on any atom is 0.175 e. The molecule has 1 heterocycles.